The Morgan fingerprint density at radius 1 is 1.45 bits per heavy atom. The molecule has 0 spiro atoms. The van der Waals surface area contributed by atoms with E-state index in [0.717, 1.165) is 6.42 Å². The van der Waals surface area contributed by atoms with Gasteiger partial charge in [0, 0.05) is 29.6 Å². The zero-order valence-electron chi connectivity index (χ0n) is 11.9. The minimum atomic E-state index is -0.483. The molecule has 6 heteroatoms. The number of nitrogens with zero attached hydrogens (tertiary/aromatic N) is 1. The summed E-state index contributed by atoms with van der Waals surface area (Å²) >= 11 is 5.70. The first-order chi connectivity index (χ1) is 9.26. The number of hydrogen-bond acceptors (Lipinski definition) is 3. The van der Waals surface area contributed by atoms with Crippen LogP contribution in [0.4, 0.5) is 5.69 Å². The third-order valence-electron chi connectivity index (χ3n) is 3.17. The van der Waals surface area contributed by atoms with E-state index in [9.17, 15) is 14.9 Å². The minimum absolute atomic E-state index is 0.0438. The zero-order valence-corrected chi connectivity index (χ0v) is 12.7. The maximum absolute atomic E-state index is 12.0. The maximum atomic E-state index is 12.0. The Kier molecular flexibility index (Phi) is 5.51. The Hall–Kier alpha value is -1.62. The van der Waals surface area contributed by atoms with Crippen LogP contribution in [0.3, 0.4) is 0 Å². The fourth-order valence-corrected chi connectivity index (χ4v) is 2.22. The van der Waals surface area contributed by atoms with Gasteiger partial charge in [-0.3, -0.25) is 14.9 Å². The second kappa shape index (κ2) is 6.70. The number of aryl methyl sites for hydroxylation is 1. The van der Waals surface area contributed by atoms with E-state index in [4.69, 9.17) is 11.6 Å². The standard InChI is InChI=1S/C14H19ClN2O3/c1-10-4-5-11(8-12(10)17(19)20)13(18)16-9-14(2,3)6-7-15/h4-5,8H,6-7,9H2,1-3H3,(H,16,18). The van der Waals surface area contributed by atoms with Crippen molar-refractivity contribution in [2.24, 2.45) is 5.41 Å². The lowest BCUT2D eigenvalue weighted by Crippen LogP contribution is -2.34. The average Bonchev–Trinajstić information content (AvgIpc) is 2.36. The number of nitrogens with one attached hydrogen (secondary N) is 1. The molecule has 0 fully saturated rings. The van der Waals surface area contributed by atoms with Crippen molar-refractivity contribution in [3.8, 4) is 0 Å². The summed E-state index contributed by atoms with van der Waals surface area (Å²) in [7, 11) is 0. The fraction of sp³-hybridized carbons (Fsp3) is 0.500. The third kappa shape index (κ3) is 4.49. The first-order valence-corrected chi connectivity index (χ1v) is 6.89. The maximum Gasteiger partial charge on any atom is 0.273 e. The van der Waals surface area contributed by atoms with E-state index in [1.807, 2.05) is 13.8 Å². The number of halogens is 1. The van der Waals surface area contributed by atoms with Crippen LogP contribution in [0, 0.1) is 22.5 Å². The fourth-order valence-electron chi connectivity index (χ4n) is 1.71. The number of nitro benzene ring substituents is 1. The molecule has 0 aliphatic rings. The first kappa shape index (κ1) is 16.4. The van der Waals surface area contributed by atoms with E-state index in [1.165, 1.54) is 6.07 Å². The number of hydrogen-bond donors (Lipinski definition) is 1. The molecule has 0 saturated heterocycles. The molecule has 0 bridgehead atoms. The van der Waals surface area contributed by atoms with E-state index >= 15 is 0 Å². The van der Waals surface area contributed by atoms with Crippen LogP contribution >= 0.6 is 11.6 Å². The third-order valence-corrected chi connectivity index (χ3v) is 3.36. The SMILES string of the molecule is Cc1ccc(C(=O)NCC(C)(C)CCCl)cc1[N+](=O)[O-]. The molecular formula is C14H19ClN2O3. The van der Waals surface area contributed by atoms with Crippen molar-refractivity contribution < 1.29 is 9.72 Å². The highest BCUT2D eigenvalue weighted by molar-refractivity contribution is 6.17. The number of rotatable bonds is 6. The second-order valence-electron chi connectivity index (χ2n) is 5.54. The van der Waals surface area contributed by atoms with Crippen LogP contribution in [0.2, 0.25) is 0 Å². The van der Waals surface area contributed by atoms with Crippen LogP contribution in [0.15, 0.2) is 18.2 Å². The van der Waals surface area contributed by atoms with Crippen molar-refractivity contribution in [3.05, 3.63) is 39.4 Å². The molecule has 1 rings (SSSR count). The van der Waals surface area contributed by atoms with Gasteiger partial charge < -0.3 is 5.32 Å². The van der Waals surface area contributed by atoms with Crippen LogP contribution in [0.1, 0.15) is 36.2 Å². The van der Waals surface area contributed by atoms with Gasteiger partial charge >= 0.3 is 0 Å². The molecule has 1 aromatic carbocycles. The highest BCUT2D eigenvalue weighted by Gasteiger charge is 2.20. The van der Waals surface area contributed by atoms with Crippen LogP contribution < -0.4 is 5.32 Å². The molecular weight excluding hydrogens is 280 g/mol. The number of carbonyl (C=O) groups is 1. The Bertz CT molecular complexity index is 515. The predicted molar refractivity (Wildman–Crippen MR) is 79.3 cm³/mol. The number of benzene rings is 1. The van der Waals surface area contributed by atoms with E-state index in [-0.39, 0.29) is 17.0 Å². The zero-order chi connectivity index (χ0) is 15.3. The highest BCUT2D eigenvalue weighted by Crippen LogP contribution is 2.21. The minimum Gasteiger partial charge on any atom is -0.351 e. The largest absolute Gasteiger partial charge is 0.351 e. The number of amides is 1. The van der Waals surface area contributed by atoms with Gasteiger partial charge in [-0.15, -0.1) is 11.6 Å². The topological polar surface area (TPSA) is 72.2 Å². The van der Waals surface area contributed by atoms with Crippen LogP contribution in [-0.4, -0.2) is 23.3 Å². The Morgan fingerprint density at radius 3 is 2.65 bits per heavy atom. The molecule has 110 valence electrons. The lowest BCUT2D eigenvalue weighted by Gasteiger charge is -2.23. The van der Waals surface area contributed by atoms with Crippen LogP contribution in [0.25, 0.3) is 0 Å². The van der Waals surface area contributed by atoms with E-state index in [2.05, 4.69) is 5.32 Å². The summed E-state index contributed by atoms with van der Waals surface area (Å²) in [6, 6.07) is 4.47. The molecule has 1 N–H and O–H groups in total. The Morgan fingerprint density at radius 2 is 2.10 bits per heavy atom. The summed E-state index contributed by atoms with van der Waals surface area (Å²) in [4.78, 5) is 22.4. The van der Waals surface area contributed by atoms with E-state index in [1.54, 1.807) is 19.1 Å². The summed E-state index contributed by atoms with van der Waals surface area (Å²) in [5, 5.41) is 13.6. The summed E-state index contributed by atoms with van der Waals surface area (Å²) in [5.41, 5.74) is 0.685. The Balaban J connectivity index is 2.78. The highest BCUT2D eigenvalue weighted by atomic mass is 35.5. The van der Waals surface area contributed by atoms with Crippen LogP contribution in [-0.2, 0) is 0 Å². The van der Waals surface area contributed by atoms with Crippen molar-refractivity contribution in [2.75, 3.05) is 12.4 Å². The van der Waals surface area contributed by atoms with Gasteiger partial charge in [-0.1, -0.05) is 19.9 Å². The van der Waals surface area contributed by atoms with E-state index in [0.29, 0.717) is 23.6 Å². The van der Waals surface area contributed by atoms with Gasteiger partial charge in [0.1, 0.15) is 0 Å². The first-order valence-electron chi connectivity index (χ1n) is 6.36. The second-order valence-corrected chi connectivity index (χ2v) is 5.92. The van der Waals surface area contributed by atoms with Gasteiger partial charge in [0.05, 0.1) is 4.92 Å². The molecule has 1 aromatic rings. The molecule has 0 unspecified atom stereocenters. The van der Waals surface area contributed by atoms with E-state index < -0.39 is 4.92 Å². The smallest absolute Gasteiger partial charge is 0.273 e. The normalized spacial score (nSPS) is 11.2. The van der Waals surface area contributed by atoms with Gasteiger partial charge in [0.15, 0.2) is 0 Å². The summed E-state index contributed by atoms with van der Waals surface area (Å²) in [6.07, 6.45) is 0.781. The molecule has 0 heterocycles. The summed E-state index contributed by atoms with van der Waals surface area (Å²) in [5.74, 6) is 0.217. The van der Waals surface area contributed by atoms with Gasteiger partial charge in [-0.25, -0.2) is 0 Å². The van der Waals surface area contributed by atoms with Gasteiger partial charge in [-0.2, -0.15) is 0 Å². The quantitative estimate of drug-likeness (QED) is 0.497. The molecule has 0 aliphatic carbocycles. The van der Waals surface area contributed by atoms with Crippen molar-refractivity contribution in [1.82, 2.24) is 5.32 Å². The molecule has 0 atom stereocenters. The van der Waals surface area contributed by atoms with Crippen molar-refractivity contribution in [1.29, 1.82) is 0 Å². The van der Waals surface area contributed by atoms with Crippen molar-refractivity contribution in [2.45, 2.75) is 27.2 Å². The predicted octanol–water partition coefficient (Wildman–Crippen LogP) is 3.29. The lowest BCUT2D eigenvalue weighted by molar-refractivity contribution is -0.385. The monoisotopic (exact) mass is 298 g/mol. The Labute approximate surface area is 123 Å². The van der Waals surface area contributed by atoms with Gasteiger partial charge in [0.25, 0.3) is 11.6 Å². The molecule has 20 heavy (non-hydrogen) atoms. The van der Waals surface area contributed by atoms with Crippen LogP contribution in [0.5, 0.6) is 0 Å². The number of carbonyl (C=O) groups excluding carboxylic acids is 1. The lowest BCUT2D eigenvalue weighted by atomic mass is 9.90. The van der Waals surface area contributed by atoms with Crippen molar-refractivity contribution in [3.63, 3.8) is 0 Å². The molecule has 1 amide bonds. The van der Waals surface area contributed by atoms with Gasteiger partial charge in [-0.05, 0) is 24.8 Å². The molecule has 5 nitrogen and oxygen atoms in total. The molecule has 0 aliphatic heterocycles. The average molecular weight is 299 g/mol. The van der Waals surface area contributed by atoms with Crippen molar-refractivity contribution >= 4 is 23.2 Å². The molecule has 0 radical (unpaired) electrons. The number of alkyl halides is 1. The van der Waals surface area contributed by atoms with Gasteiger partial charge in [0.2, 0.25) is 0 Å². The summed E-state index contributed by atoms with van der Waals surface area (Å²) < 4.78 is 0. The molecule has 0 saturated carbocycles. The molecule has 0 aromatic heterocycles. The summed E-state index contributed by atoms with van der Waals surface area (Å²) in [6.45, 7) is 6.13. The number of nitro groups is 1.